The van der Waals surface area contributed by atoms with Gasteiger partial charge in [0.2, 0.25) is 0 Å². The number of aromatic nitrogens is 2. The Kier molecular flexibility index (Phi) is 7.75. The summed E-state index contributed by atoms with van der Waals surface area (Å²) in [7, 11) is 1.57. The van der Waals surface area contributed by atoms with E-state index in [9.17, 15) is 9.59 Å². The molecule has 0 aliphatic rings. The Hall–Kier alpha value is -3.33. The minimum Gasteiger partial charge on any atom is -0.497 e. The monoisotopic (exact) mass is 526 g/mol. The van der Waals surface area contributed by atoms with Gasteiger partial charge in [0.05, 0.1) is 45.2 Å². The van der Waals surface area contributed by atoms with E-state index in [-0.39, 0.29) is 17.2 Å². The lowest BCUT2D eigenvalue weighted by Gasteiger charge is -2.13. The van der Waals surface area contributed by atoms with Crippen molar-refractivity contribution in [1.82, 2.24) is 15.0 Å². The third-order valence-electron chi connectivity index (χ3n) is 5.09. The summed E-state index contributed by atoms with van der Waals surface area (Å²) in [6.45, 7) is 1.75. The van der Waals surface area contributed by atoms with Crippen molar-refractivity contribution in [3.63, 3.8) is 0 Å². The van der Waals surface area contributed by atoms with Gasteiger partial charge in [-0.1, -0.05) is 53.2 Å². The first-order chi connectivity index (χ1) is 16.9. The largest absolute Gasteiger partial charge is 0.497 e. The number of hydrogen-bond acceptors (Lipinski definition) is 6. The van der Waals surface area contributed by atoms with E-state index in [1.807, 2.05) is 6.07 Å². The lowest BCUT2D eigenvalue weighted by Crippen LogP contribution is -2.24. The first kappa shape index (κ1) is 24.8. The normalized spacial score (nSPS) is 11.5. The van der Waals surface area contributed by atoms with Crippen molar-refractivity contribution < 1.29 is 9.53 Å². The number of nitrogens with zero attached hydrogens (tertiary/aromatic N) is 3. The van der Waals surface area contributed by atoms with Gasteiger partial charge in [0.25, 0.3) is 11.5 Å². The zero-order chi connectivity index (χ0) is 24.9. The number of amides is 1. The molecule has 1 N–H and O–H groups in total. The van der Waals surface area contributed by atoms with Crippen LogP contribution in [0.2, 0.25) is 10.0 Å². The van der Waals surface area contributed by atoms with Gasteiger partial charge in [0, 0.05) is 0 Å². The Balaban J connectivity index is 1.57. The average molecular weight is 527 g/mol. The van der Waals surface area contributed by atoms with E-state index < -0.39 is 0 Å². The predicted molar refractivity (Wildman–Crippen MR) is 141 cm³/mol. The van der Waals surface area contributed by atoms with Gasteiger partial charge in [0.1, 0.15) is 5.75 Å². The van der Waals surface area contributed by atoms with E-state index in [1.165, 1.54) is 4.57 Å². The van der Waals surface area contributed by atoms with Crippen molar-refractivity contribution in [2.45, 2.75) is 12.1 Å². The van der Waals surface area contributed by atoms with Gasteiger partial charge in [-0.25, -0.2) is 10.4 Å². The maximum atomic E-state index is 13.3. The number of hydrogen-bond donors (Lipinski definition) is 1. The summed E-state index contributed by atoms with van der Waals surface area (Å²) in [6, 6.07) is 19.3. The van der Waals surface area contributed by atoms with Crippen molar-refractivity contribution in [2.75, 3.05) is 12.9 Å². The molecule has 10 heteroatoms. The van der Waals surface area contributed by atoms with E-state index >= 15 is 0 Å². The molecule has 1 amide bonds. The van der Waals surface area contributed by atoms with Crippen LogP contribution in [0.4, 0.5) is 0 Å². The SMILES string of the molecule is COc1ccc(-n2c(SCC(=O)N/N=C(\C)c3ccc(Cl)c(Cl)c3)nc3ccccc3c2=O)cc1. The summed E-state index contributed by atoms with van der Waals surface area (Å²) in [5.41, 5.74) is 4.78. The highest BCUT2D eigenvalue weighted by atomic mass is 35.5. The Morgan fingerprint density at radius 2 is 1.83 bits per heavy atom. The van der Waals surface area contributed by atoms with Crippen molar-refractivity contribution in [1.29, 1.82) is 0 Å². The number of carbonyl (C=O) groups is 1. The molecular formula is C25H20Cl2N4O3S. The molecule has 0 saturated carbocycles. The van der Waals surface area contributed by atoms with Crippen LogP contribution in [0, 0.1) is 0 Å². The molecular weight excluding hydrogens is 507 g/mol. The van der Waals surface area contributed by atoms with Gasteiger partial charge < -0.3 is 4.74 Å². The van der Waals surface area contributed by atoms with Gasteiger partial charge in [-0.2, -0.15) is 5.10 Å². The lowest BCUT2D eigenvalue weighted by molar-refractivity contribution is -0.118. The number of methoxy groups -OCH3 is 1. The molecule has 0 atom stereocenters. The number of rotatable bonds is 7. The molecule has 0 aliphatic heterocycles. The molecule has 0 saturated heterocycles. The first-order valence-electron chi connectivity index (χ1n) is 10.4. The predicted octanol–water partition coefficient (Wildman–Crippen LogP) is 5.33. The fourth-order valence-corrected chi connectivity index (χ4v) is 4.37. The number of benzene rings is 3. The van der Waals surface area contributed by atoms with Crippen LogP contribution in [0.5, 0.6) is 5.75 Å². The Morgan fingerprint density at radius 3 is 2.54 bits per heavy atom. The molecule has 178 valence electrons. The number of fused-ring (bicyclic) bond motifs is 1. The number of carbonyl (C=O) groups excluding carboxylic acids is 1. The highest BCUT2D eigenvalue weighted by Crippen LogP contribution is 2.24. The Bertz CT molecular complexity index is 1490. The fourth-order valence-electron chi connectivity index (χ4n) is 3.26. The van der Waals surface area contributed by atoms with Crippen molar-refractivity contribution in [2.24, 2.45) is 5.10 Å². The number of halogens is 2. The second kappa shape index (κ2) is 10.9. The van der Waals surface area contributed by atoms with Crippen LogP contribution in [0.3, 0.4) is 0 Å². The van der Waals surface area contributed by atoms with Gasteiger partial charge in [-0.15, -0.1) is 0 Å². The summed E-state index contributed by atoms with van der Waals surface area (Å²) < 4.78 is 6.71. The zero-order valence-corrected chi connectivity index (χ0v) is 21.1. The van der Waals surface area contributed by atoms with Crippen LogP contribution in [-0.4, -0.2) is 34.0 Å². The van der Waals surface area contributed by atoms with Crippen LogP contribution in [0.1, 0.15) is 12.5 Å². The first-order valence-corrected chi connectivity index (χ1v) is 12.2. The molecule has 1 heterocycles. The molecule has 0 aliphatic carbocycles. The van der Waals surface area contributed by atoms with Crippen LogP contribution < -0.4 is 15.7 Å². The number of nitrogens with one attached hydrogen (secondary N) is 1. The second-order valence-electron chi connectivity index (χ2n) is 7.40. The standard InChI is InChI=1S/C25H20Cl2N4O3S/c1-15(16-7-12-20(26)21(27)13-16)29-30-23(32)14-35-25-28-22-6-4-3-5-19(22)24(33)31(25)17-8-10-18(34-2)11-9-17/h3-13H,14H2,1-2H3,(H,30,32)/b29-15+. The van der Waals surface area contributed by atoms with Crippen LogP contribution in [0.25, 0.3) is 16.6 Å². The van der Waals surface area contributed by atoms with E-state index in [2.05, 4.69) is 15.5 Å². The molecule has 0 fully saturated rings. The maximum Gasteiger partial charge on any atom is 0.266 e. The number of para-hydroxylation sites is 1. The molecule has 4 aromatic rings. The molecule has 1 aromatic heterocycles. The highest BCUT2D eigenvalue weighted by molar-refractivity contribution is 7.99. The van der Waals surface area contributed by atoms with Gasteiger partial charge >= 0.3 is 0 Å². The average Bonchev–Trinajstić information content (AvgIpc) is 2.88. The topological polar surface area (TPSA) is 85.6 Å². The summed E-state index contributed by atoms with van der Waals surface area (Å²) in [5, 5.41) is 5.86. The summed E-state index contributed by atoms with van der Waals surface area (Å²) in [4.78, 5) is 30.5. The van der Waals surface area contributed by atoms with Gasteiger partial charge in [-0.05, 0) is 61.0 Å². The highest BCUT2D eigenvalue weighted by Gasteiger charge is 2.15. The molecule has 0 bridgehead atoms. The van der Waals surface area contributed by atoms with Crippen molar-refractivity contribution in [3.8, 4) is 11.4 Å². The lowest BCUT2D eigenvalue weighted by atomic mass is 10.1. The second-order valence-corrected chi connectivity index (χ2v) is 9.16. The zero-order valence-electron chi connectivity index (χ0n) is 18.8. The molecule has 35 heavy (non-hydrogen) atoms. The molecule has 0 unspecified atom stereocenters. The summed E-state index contributed by atoms with van der Waals surface area (Å²) in [6.07, 6.45) is 0. The summed E-state index contributed by atoms with van der Waals surface area (Å²) >= 11 is 13.1. The Labute approximate surface area is 215 Å². The van der Waals surface area contributed by atoms with Crippen LogP contribution in [0.15, 0.2) is 81.8 Å². The number of thioether (sulfide) groups is 1. The Morgan fingerprint density at radius 1 is 1.09 bits per heavy atom. The van der Waals surface area contributed by atoms with Crippen LogP contribution in [-0.2, 0) is 4.79 Å². The minimum absolute atomic E-state index is 0.000904. The number of ether oxygens (including phenoxy) is 1. The van der Waals surface area contributed by atoms with Crippen molar-refractivity contribution >= 4 is 57.5 Å². The van der Waals surface area contributed by atoms with E-state index in [1.54, 1.807) is 74.7 Å². The molecule has 0 spiro atoms. The smallest absolute Gasteiger partial charge is 0.266 e. The summed E-state index contributed by atoms with van der Waals surface area (Å²) in [5.74, 6) is 0.316. The molecule has 0 radical (unpaired) electrons. The van der Waals surface area contributed by atoms with Crippen molar-refractivity contribution in [3.05, 3.63) is 92.7 Å². The third-order valence-corrected chi connectivity index (χ3v) is 6.77. The molecule has 4 rings (SSSR count). The third kappa shape index (κ3) is 5.67. The quantitative estimate of drug-likeness (QED) is 0.152. The number of hydrazone groups is 1. The van der Waals surface area contributed by atoms with Crippen LogP contribution >= 0.6 is 35.0 Å². The van der Waals surface area contributed by atoms with E-state index in [0.29, 0.717) is 43.3 Å². The minimum atomic E-state index is -0.349. The molecule has 3 aromatic carbocycles. The van der Waals surface area contributed by atoms with E-state index in [0.717, 1.165) is 17.3 Å². The van der Waals surface area contributed by atoms with E-state index in [4.69, 9.17) is 27.9 Å². The maximum absolute atomic E-state index is 13.3. The molecule has 7 nitrogen and oxygen atoms in total. The van der Waals surface area contributed by atoms with Gasteiger partial charge in [-0.3, -0.25) is 14.2 Å². The fraction of sp³-hybridized carbons (Fsp3) is 0.120. The van der Waals surface area contributed by atoms with Gasteiger partial charge in [0.15, 0.2) is 5.16 Å².